The van der Waals surface area contributed by atoms with Gasteiger partial charge in [-0.2, -0.15) is 0 Å². The lowest BCUT2D eigenvalue weighted by Crippen LogP contribution is -2.33. The second-order valence-corrected chi connectivity index (χ2v) is 4.13. The van der Waals surface area contributed by atoms with Gasteiger partial charge in [0.25, 0.3) is 0 Å². The smallest absolute Gasteiger partial charge is 0.327 e. The molecule has 0 aliphatic rings. The molecule has 19 heavy (non-hydrogen) atoms. The first-order valence-electron chi connectivity index (χ1n) is 6.25. The summed E-state index contributed by atoms with van der Waals surface area (Å²) in [4.78, 5) is 12.0. The summed E-state index contributed by atoms with van der Waals surface area (Å²) in [5.74, 6) is -0.782. The SMILES string of the molecule is CCOC(=O)C(NCCOC)c1cc(F)ccc1C. The molecule has 1 N–H and O–H groups in total. The lowest BCUT2D eigenvalue weighted by atomic mass is 10.0. The molecule has 0 aliphatic carbocycles. The van der Waals surface area contributed by atoms with Gasteiger partial charge in [-0.15, -0.1) is 0 Å². The predicted octanol–water partition coefficient (Wildman–Crippen LogP) is 1.97. The standard InChI is InChI=1S/C14H20FNO3/c1-4-19-14(17)13(16-7-8-18-3)12-9-11(15)6-5-10(12)2/h5-6,9,13,16H,4,7-8H2,1-3H3. The molecule has 0 amide bonds. The molecule has 106 valence electrons. The lowest BCUT2D eigenvalue weighted by molar-refractivity contribution is -0.145. The van der Waals surface area contributed by atoms with E-state index in [2.05, 4.69) is 5.32 Å². The Labute approximate surface area is 112 Å². The average molecular weight is 269 g/mol. The minimum absolute atomic E-state index is 0.287. The molecule has 1 aromatic rings. The van der Waals surface area contributed by atoms with E-state index in [1.807, 2.05) is 6.92 Å². The number of nitrogens with one attached hydrogen (secondary N) is 1. The number of ether oxygens (including phenoxy) is 2. The van der Waals surface area contributed by atoms with Crippen LogP contribution in [0.15, 0.2) is 18.2 Å². The molecule has 0 heterocycles. The van der Waals surface area contributed by atoms with E-state index in [9.17, 15) is 9.18 Å². The Morgan fingerprint density at radius 2 is 2.21 bits per heavy atom. The molecular formula is C14H20FNO3. The highest BCUT2D eigenvalue weighted by Crippen LogP contribution is 2.20. The van der Waals surface area contributed by atoms with Crippen molar-refractivity contribution in [3.8, 4) is 0 Å². The topological polar surface area (TPSA) is 47.6 Å². The number of carbonyl (C=O) groups is 1. The summed E-state index contributed by atoms with van der Waals surface area (Å²) in [5, 5.41) is 3.02. The van der Waals surface area contributed by atoms with Crippen LogP contribution in [0.1, 0.15) is 24.1 Å². The van der Waals surface area contributed by atoms with Gasteiger partial charge in [0.2, 0.25) is 0 Å². The maximum absolute atomic E-state index is 13.3. The Balaban J connectivity index is 2.93. The highest BCUT2D eigenvalue weighted by molar-refractivity contribution is 5.78. The zero-order valence-corrected chi connectivity index (χ0v) is 11.5. The van der Waals surface area contributed by atoms with Crippen LogP contribution in [0.2, 0.25) is 0 Å². The molecule has 0 saturated heterocycles. The Morgan fingerprint density at radius 3 is 2.84 bits per heavy atom. The van der Waals surface area contributed by atoms with E-state index in [4.69, 9.17) is 9.47 Å². The number of aryl methyl sites for hydroxylation is 1. The van der Waals surface area contributed by atoms with Crippen LogP contribution in [0.5, 0.6) is 0 Å². The predicted molar refractivity (Wildman–Crippen MR) is 70.4 cm³/mol. The molecule has 4 nitrogen and oxygen atoms in total. The normalized spacial score (nSPS) is 12.2. The van der Waals surface area contributed by atoms with Gasteiger partial charge >= 0.3 is 5.97 Å². The number of rotatable bonds is 7. The van der Waals surface area contributed by atoms with Crippen LogP contribution < -0.4 is 5.32 Å². The summed E-state index contributed by atoms with van der Waals surface area (Å²) < 4.78 is 23.3. The van der Waals surface area contributed by atoms with Gasteiger partial charge in [0, 0.05) is 13.7 Å². The number of hydrogen-bond donors (Lipinski definition) is 1. The van der Waals surface area contributed by atoms with Crippen molar-refractivity contribution in [3.05, 3.63) is 35.1 Å². The van der Waals surface area contributed by atoms with Crippen LogP contribution in [-0.4, -0.2) is 32.8 Å². The van der Waals surface area contributed by atoms with Gasteiger partial charge in [-0.1, -0.05) is 6.07 Å². The van der Waals surface area contributed by atoms with Crippen molar-refractivity contribution in [1.29, 1.82) is 0 Å². The highest BCUT2D eigenvalue weighted by Gasteiger charge is 2.23. The van der Waals surface area contributed by atoms with E-state index < -0.39 is 12.0 Å². The number of esters is 1. The Bertz CT molecular complexity index is 423. The summed E-state index contributed by atoms with van der Waals surface area (Å²) in [6, 6.07) is 3.70. The third-order valence-electron chi connectivity index (χ3n) is 2.73. The fraction of sp³-hybridized carbons (Fsp3) is 0.500. The van der Waals surface area contributed by atoms with E-state index in [0.717, 1.165) is 5.56 Å². The molecule has 1 unspecified atom stereocenters. The maximum atomic E-state index is 13.3. The second kappa shape index (κ2) is 7.86. The van der Waals surface area contributed by atoms with Crippen LogP contribution in [0.25, 0.3) is 0 Å². The highest BCUT2D eigenvalue weighted by atomic mass is 19.1. The van der Waals surface area contributed by atoms with Crippen LogP contribution in [0, 0.1) is 12.7 Å². The molecule has 0 fully saturated rings. The van der Waals surface area contributed by atoms with E-state index in [-0.39, 0.29) is 12.4 Å². The van der Waals surface area contributed by atoms with Crippen molar-refractivity contribution in [2.75, 3.05) is 26.9 Å². The van der Waals surface area contributed by atoms with Crippen LogP contribution in [0.3, 0.4) is 0 Å². The third kappa shape index (κ3) is 4.61. The number of hydrogen-bond acceptors (Lipinski definition) is 4. The summed E-state index contributed by atoms with van der Waals surface area (Å²) in [6.07, 6.45) is 0. The largest absolute Gasteiger partial charge is 0.465 e. The van der Waals surface area contributed by atoms with E-state index in [0.29, 0.717) is 18.7 Å². The minimum Gasteiger partial charge on any atom is -0.465 e. The van der Waals surface area contributed by atoms with Gasteiger partial charge in [0.15, 0.2) is 0 Å². The fourth-order valence-electron chi connectivity index (χ4n) is 1.77. The molecule has 1 rings (SSSR count). The van der Waals surface area contributed by atoms with Crippen molar-refractivity contribution in [3.63, 3.8) is 0 Å². The van der Waals surface area contributed by atoms with Crippen molar-refractivity contribution >= 4 is 5.97 Å². The summed E-state index contributed by atoms with van der Waals surface area (Å²) in [7, 11) is 1.58. The molecule has 0 radical (unpaired) electrons. The maximum Gasteiger partial charge on any atom is 0.327 e. The second-order valence-electron chi connectivity index (χ2n) is 4.13. The van der Waals surface area contributed by atoms with Crippen molar-refractivity contribution < 1.29 is 18.7 Å². The van der Waals surface area contributed by atoms with Gasteiger partial charge < -0.3 is 9.47 Å². The van der Waals surface area contributed by atoms with Crippen molar-refractivity contribution in [1.82, 2.24) is 5.32 Å². The Hall–Kier alpha value is -1.46. The monoisotopic (exact) mass is 269 g/mol. The Morgan fingerprint density at radius 1 is 1.47 bits per heavy atom. The number of carbonyl (C=O) groups excluding carboxylic acids is 1. The van der Waals surface area contributed by atoms with Crippen molar-refractivity contribution in [2.45, 2.75) is 19.9 Å². The first-order valence-corrected chi connectivity index (χ1v) is 6.25. The molecule has 0 saturated carbocycles. The van der Waals surface area contributed by atoms with Gasteiger partial charge in [-0.3, -0.25) is 5.32 Å². The first-order chi connectivity index (χ1) is 9.10. The van der Waals surface area contributed by atoms with E-state index >= 15 is 0 Å². The van der Waals surface area contributed by atoms with Gasteiger partial charge in [0.05, 0.1) is 13.2 Å². The number of benzene rings is 1. The number of halogens is 1. The lowest BCUT2D eigenvalue weighted by Gasteiger charge is -2.19. The molecule has 5 heteroatoms. The average Bonchev–Trinajstić information content (AvgIpc) is 2.38. The van der Waals surface area contributed by atoms with Gasteiger partial charge in [-0.25, -0.2) is 9.18 Å². The Kier molecular flexibility index (Phi) is 6.45. The molecule has 0 aliphatic heterocycles. The van der Waals surface area contributed by atoms with Crippen molar-refractivity contribution in [2.24, 2.45) is 0 Å². The van der Waals surface area contributed by atoms with Crippen LogP contribution in [0.4, 0.5) is 4.39 Å². The molecule has 1 aromatic carbocycles. The zero-order chi connectivity index (χ0) is 14.3. The van der Waals surface area contributed by atoms with E-state index in [1.165, 1.54) is 12.1 Å². The summed E-state index contributed by atoms with van der Waals surface area (Å²) in [5.41, 5.74) is 1.43. The molecule has 1 atom stereocenters. The van der Waals surface area contributed by atoms with E-state index in [1.54, 1.807) is 20.1 Å². The fourth-order valence-corrected chi connectivity index (χ4v) is 1.77. The third-order valence-corrected chi connectivity index (χ3v) is 2.73. The van der Waals surface area contributed by atoms with Gasteiger partial charge in [0.1, 0.15) is 11.9 Å². The molecule has 0 bridgehead atoms. The quantitative estimate of drug-likeness (QED) is 0.607. The van der Waals surface area contributed by atoms with Crippen LogP contribution in [-0.2, 0) is 14.3 Å². The molecule has 0 aromatic heterocycles. The molecular weight excluding hydrogens is 249 g/mol. The summed E-state index contributed by atoms with van der Waals surface area (Å²) >= 11 is 0. The minimum atomic E-state index is -0.675. The van der Waals surface area contributed by atoms with Crippen LogP contribution >= 0.6 is 0 Å². The summed E-state index contributed by atoms with van der Waals surface area (Å²) in [6.45, 7) is 4.80. The zero-order valence-electron chi connectivity index (χ0n) is 11.5. The first kappa shape index (κ1) is 15.6. The number of methoxy groups -OCH3 is 1. The van der Waals surface area contributed by atoms with Gasteiger partial charge in [-0.05, 0) is 37.1 Å². The molecule has 0 spiro atoms.